The Morgan fingerprint density at radius 1 is 0.853 bits per heavy atom. The summed E-state index contributed by atoms with van der Waals surface area (Å²) in [5.74, 6) is 0.613. The van der Waals surface area contributed by atoms with Gasteiger partial charge in [0.2, 0.25) is 0 Å². The van der Waals surface area contributed by atoms with Gasteiger partial charge in [-0.25, -0.2) is 4.79 Å². The third-order valence-electron chi connectivity index (χ3n) is 5.33. The molecule has 0 aromatic heterocycles. The maximum atomic E-state index is 12.4. The molecule has 34 heavy (non-hydrogen) atoms. The number of rotatable bonds is 10. The molecule has 1 unspecified atom stereocenters. The summed E-state index contributed by atoms with van der Waals surface area (Å²) in [6.07, 6.45) is 1.34. The Bertz CT molecular complexity index is 1130. The molecule has 0 saturated heterocycles. The Balaban J connectivity index is 1.47. The number of carbonyl (C=O) groups is 2. The highest BCUT2D eigenvalue weighted by Crippen LogP contribution is 2.23. The van der Waals surface area contributed by atoms with Crippen molar-refractivity contribution >= 4 is 11.9 Å². The fourth-order valence-electron chi connectivity index (χ4n) is 3.11. The minimum Gasteiger partial charge on any atom is -0.490 e. The van der Waals surface area contributed by atoms with Crippen LogP contribution in [0.5, 0.6) is 11.5 Å². The van der Waals surface area contributed by atoms with Crippen LogP contribution in [0.3, 0.4) is 0 Å². The third kappa shape index (κ3) is 7.21. The van der Waals surface area contributed by atoms with Crippen LogP contribution in [0.2, 0.25) is 0 Å². The number of nitrogens with zero attached hydrogens (tertiary/aromatic N) is 1. The van der Waals surface area contributed by atoms with Crippen molar-refractivity contribution in [2.75, 3.05) is 13.2 Å². The van der Waals surface area contributed by atoms with Crippen molar-refractivity contribution in [3.8, 4) is 28.7 Å². The summed E-state index contributed by atoms with van der Waals surface area (Å²) in [6.45, 7) is 4.46. The highest BCUT2D eigenvalue weighted by molar-refractivity contribution is 5.91. The average Bonchev–Trinajstić information content (AvgIpc) is 2.87. The summed E-state index contributed by atoms with van der Waals surface area (Å²) in [4.78, 5) is 24.1. The molecule has 1 atom stereocenters. The molecule has 0 aliphatic heterocycles. The predicted octanol–water partition coefficient (Wildman–Crippen LogP) is 5.80. The minimum absolute atomic E-state index is 0.178. The zero-order valence-electron chi connectivity index (χ0n) is 19.3. The zero-order valence-corrected chi connectivity index (χ0v) is 19.3. The van der Waals surface area contributed by atoms with E-state index in [2.05, 4.69) is 6.07 Å². The van der Waals surface area contributed by atoms with Gasteiger partial charge in [0.15, 0.2) is 0 Å². The Labute approximate surface area is 199 Å². The molecule has 0 fully saturated rings. The fraction of sp³-hybridized carbons (Fsp3) is 0.250. The summed E-state index contributed by atoms with van der Waals surface area (Å²) < 4.78 is 16.2. The number of hydrogen-bond donors (Lipinski definition) is 0. The second kappa shape index (κ2) is 12.2. The van der Waals surface area contributed by atoms with Crippen molar-refractivity contribution < 1.29 is 23.8 Å². The Morgan fingerprint density at radius 2 is 1.44 bits per heavy atom. The first-order chi connectivity index (χ1) is 16.5. The lowest BCUT2D eigenvalue weighted by molar-refractivity contribution is -0.145. The first kappa shape index (κ1) is 24.5. The van der Waals surface area contributed by atoms with E-state index in [-0.39, 0.29) is 19.2 Å². The van der Waals surface area contributed by atoms with E-state index in [1.54, 1.807) is 48.5 Å². The molecular formula is C28H27NO5. The van der Waals surface area contributed by atoms with Crippen LogP contribution in [0.1, 0.15) is 42.6 Å². The summed E-state index contributed by atoms with van der Waals surface area (Å²) in [7, 11) is 0. The van der Waals surface area contributed by atoms with E-state index in [0.717, 1.165) is 17.5 Å². The van der Waals surface area contributed by atoms with E-state index >= 15 is 0 Å². The maximum absolute atomic E-state index is 12.4. The predicted molar refractivity (Wildman–Crippen MR) is 129 cm³/mol. The van der Waals surface area contributed by atoms with Gasteiger partial charge in [-0.15, -0.1) is 0 Å². The topological polar surface area (TPSA) is 85.6 Å². The lowest BCUT2D eigenvalue weighted by Crippen LogP contribution is -2.14. The highest BCUT2D eigenvalue weighted by atomic mass is 16.6. The van der Waals surface area contributed by atoms with Crippen molar-refractivity contribution in [2.45, 2.75) is 26.7 Å². The molecule has 0 aliphatic rings. The quantitative estimate of drug-likeness (QED) is 0.217. The Morgan fingerprint density at radius 3 is 2.03 bits per heavy atom. The molecule has 3 rings (SSSR count). The van der Waals surface area contributed by atoms with Gasteiger partial charge in [-0.1, -0.05) is 44.5 Å². The van der Waals surface area contributed by atoms with Crippen molar-refractivity contribution in [3.05, 3.63) is 83.9 Å². The highest BCUT2D eigenvalue weighted by Gasteiger charge is 2.10. The first-order valence-corrected chi connectivity index (χ1v) is 11.2. The smallest absolute Gasteiger partial charge is 0.343 e. The summed E-state index contributed by atoms with van der Waals surface area (Å²) >= 11 is 0. The van der Waals surface area contributed by atoms with Crippen LogP contribution in [0.25, 0.3) is 11.1 Å². The second-order valence-corrected chi connectivity index (χ2v) is 7.91. The van der Waals surface area contributed by atoms with Gasteiger partial charge in [-0.3, -0.25) is 4.79 Å². The monoisotopic (exact) mass is 457 g/mol. The standard InChI is InChI=1S/C28H27NO5/c1-3-20(2)18-27(30)33-17-16-32-25-12-10-24(11-13-25)28(31)34-26-14-8-23(9-15-26)22-6-4-21(19-29)5-7-22/h4-15,20H,3,16-18H2,1-2H3. The number of esters is 2. The average molecular weight is 458 g/mol. The largest absolute Gasteiger partial charge is 0.490 e. The molecule has 0 bridgehead atoms. The van der Waals surface area contributed by atoms with Crippen LogP contribution in [0.15, 0.2) is 72.8 Å². The van der Waals surface area contributed by atoms with E-state index in [9.17, 15) is 9.59 Å². The van der Waals surface area contributed by atoms with E-state index in [4.69, 9.17) is 19.5 Å². The van der Waals surface area contributed by atoms with Crippen molar-refractivity contribution in [1.29, 1.82) is 5.26 Å². The Hall–Kier alpha value is -4.11. The van der Waals surface area contributed by atoms with Gasteiger partial charge < -0.3 is 14.2 Å². The van der Waals surface area contributed by atoms with Crippen molar-refractivity contribution in [1.82, 2.24) is 0 Å². The molecule has 0 aliphatic carbocycles. The third-order valence-corrected chi connectivity index (χ3v) is 5.33. The fourth-order valence-corrected chi connectivity index (χ4v) is 3.11. The van der Waals surface area contributed by atoms with E-state index < -0.39 is 5.97 Å². The molecule has 3 aromatic rings. The number of hydrogen-bond acceptors (Lipinski definition) is 6. The molecule has 174 valence electrons. The van der Waals surface area contributed by atoms with Crippen LogP contribution in [0.4, 0.5) is 0 Å². The Kier molecular flexibility index (Phi) is 8.81. The normalized spacial score (nSPS) is 11.2. The van der Waals surface area contributed by atoms with Crippen LogP contribution in [-0.2, 0) is 9.53 Å². The molecule has 0 spiro atoms. The summed E-state index contributed by atoms with van der Waals surface area (Å²) in [6, 6.07) is 23.1. The summed E-state index contributed by atoms with van der Waals surface area (Å²) in [5.41, 5.74) is 2.92. The van der Waals surface area contributed by atoms with Crippen molar-refractivity contribution in [2.24, 2.45) is 5.92 Å². The molecule has 3 aromatic carbocycles. The molecule has 6 nitrogen and oxygen atoms in total. The van der Waals surface area contributed by atoms with E-state index in [1.165, 1.54) is 0 Å². The lowest BCUT2D eigenvalue weighted by atomic mass is 10.0. The number of nitriles is 1. The molecule has 0 amide bonds. The van der Waals surface area contributed by atoms with Crippen LogP contribution in [0, 0.1) is 17.2 Å². The van der Waals surface area contributed by atoms with Gasteiger partial charge in [0.1, 0.15) is 24.7 Å². The minimum atomic E-state index is -0.475. The maximum Gasteiger partial charge on any atom is 0.343 e. The molecule has 0 saturated carbocycles. The number of benzene rings is 3. The molecule has 0 heterocycles. The van der Waals surface area contributed by atoms with Gasteiger partial charge in [-0.05, 0) is 65.6 Å². The van der Waals surface area contributed by atoms with Gasteiger partial charge in [-0.2, -0.15) is 5.26 Å². The lowest BCUT2D eigenvalue weighted by Gasteiger charge is -2.10. The van der Waals surface area contributed by atoms with Crippen LogP contribution in [-0.4, -0.2) is 25.2 Å². The number of ether oxygens (including phenoxy) is 3. The SMILES string of the molecule is CCC(C)CC(=O)OCCOc1ccc(C(=O)Oc2ccc(-c3ccc(C#N)cc3)cc2)cc1. The van der Waals surface area contributed by atoms with Crippen LogP contribution < -0.4 is 9.47 Å². The summed E-state index contributed by atoms with van der Waals surface area (Å²) in [5, 5.41) is 8.90. The van der Waals surface area contributed by atoms with Crippen LogP contribution >= 0.6 is 0 Å². The molecule has 0 N–H and O–H groups in total. The first-order valence-electron chi connectivity index (χ1n) is 11.2. The van der Waals surface area contributed by atoms with Gasteiger partial charge in [0, 0.05) is 6.42 Å². The molecule has 0 radical (unpaired) electrons. The van der Waals surface area contributed by atoms with E-state index in [0.29, 0.717) is 35.0 Å². The van der Waals surface area contributed by atoms with E-state index in [1.807, 2.05) is 38.1 Å². The zero-order chi connectivity index (χ0) is 24.3. The second-order valence-electron chi connectivity index (χ2n) is 7.91. The number of carbonyl (C=O) groups excluding carboxylic acids is 2. The van der Waals surface area contributed by atoms with Gasteiger partial charge in [0.05, 0.1) is 17.2 Å². The van der Waals surface area contributed by atoms with Gasteiger partial charge in [0.25, 0.3) is 0 Å². The molecule has 6 heteroatoms. The van der Waals surface area contributed by atoms with Crippen molar-refractivity contribution in [3.63, 3.8) is 0 Å². The van der Waals surface area contributed by atoms with Gasteiger partial charge >= 0.3 is 11.9 Å². The molecular weight excluding hydrogens is 430 g/mol.